The summed E-state index contributed by atoms with van der Waals surface area (Å²) >= 11 is 0. The molecule has 2 fully saturated rings. The molecule has 16 heavy (non-hydrogen) atoms. The number of nitrogens with one attached hydrogen (secondary N) is 1. The Hall–Kier alpha value is -1.10. The normalized spacial score (nSPS) is 36.1. The number of rotatable bonds is 1. The van der Waals surface area contributed by atoms with Gasteiger partial charge in [0.25, 0.3) is 0 Å². The summed E-state index contributed by atoms with van der Waals surface area (Å²) in [7, 11) is 0. The molecule has 2 amide bonds. The van der Waals surface area contributed by atoms with Crippen LogP contribution in [-0.4, -0.2) is 48.1 Å². The van der Waals surface area contributed by atoms with E-state index in [2.05, 4.69) is 5.32 Å². The van der Waals surface area contributed by atoms with E-state index in [0.717, 1.165) is 6.42 Å². The first kappa shape index (κ1) is 11.4. The summed E-state index contributed by atoms with van der Waals surface area (Å²) in [6.07, 6.45) is 1.25. The van der Waals surface area contributed by atoms with Crippen molar-refractivity contribution in [2.24, 2.45) is 0 Å². The fraction of sp³-hybridized carbons (Fsp3) is 0.818. The zero-order chi connectivity index (χ0) is 11.7. The summed E-state index contributed by atoms with van der Waals surface area (Å²) in [5.41, 5.74) is 0. The first-order valence-electron chi connectivity index (χ1n) is 5.79. The third-order valence-corrected chi connectivity index (χ3v) is 3.26. The number of nitrogens with zero attached hydrogens (tertiary/aromatic N) is 1. The van der Waals surface area contributed by atoms with E-state index in [9.17, 15) is 9.59 Å². The Kier molecular flexibility index (Phi) is 3.14. The fourth-order valence-corrected chi connectivity index (χ4v) is 2.45. The van der Waals surface area contributed by atoms with Crippen LogP contribution in [0.3, 0.4) is 0 Å². The Labute approximate surface area is 95.1 Å². The number of hydrogen-bond acceptors (Lipinski definition) is 3. The summed E-state index contributed by atoms with van der Waals surface area (Å²) in [6, 6.07) is -0.320. The highest BCUT2D eigenvalue weighted by atomic mass is 16.5. The van der Waals surface area contributed by atoms with Gasteiger partial charge in [-0.3, -0.25) is 9.59 Å². The molecule has 0 aromatic heterocycles. The molecule has 0 aliphatic carbocycles. The molecule has 0 aromatic carbocycles. The van der Waals surface area contributed by atoms with Crippen LogP contribution in [0.2, 0.25) is 0 Å². The van der Waals surface area contributed by atoms with E-state index >= 15 is 0 Å². The van der Waals surface area contributed by atoms with E-state index in [1.165, 1.54) is 0 Å². The predicted octanol–water partition coefficient (Wildman–Crippen LogP) is -0.0992. The number of amides is 2. The lowest BCUT2D eigenvalue weighted by Gasteiger charge is -2.32. The second-order valence-electron chi connectivity index (χ2n) is 4.61. The topological polar surface area (TPSA) is 58.6 Å². The molecular formula is C11H18N2O3. The molecule has 2 heterocycles. The molecule has 3 unspecified atom stereocenters. The number of hydrogen-bond donors (Lipinski definition) is 1. The van der Waals surface area contributed by atoms with Crippen LogP contribution in [-0.2, 0) is 14.3 Å². The van der Waals surface area contributed by atoms with Gasteiger partial charge in [-0.2, -0.15) is 0 Å². The van der Waals surface area contributed by atoms with Gasteiger partial charge in [-0.15, -0.1) is 0 Å². The van der Waals surface area contributed by atoms with Gasteiger partial charge in [0.15, 0.2) is 0 Å². The summed E-state index contributed by atoms with van der Waals surface area (Å²) in [4.78, 5) is 25.5. The first-order valence-corrected chi connectivity index (χ1v) is 5.79. The maximum atomic E-state index is 12.1. The van der Waals surface area contributed by atoms with Gasteiger partial charge in [0, 0.05) is 19.1 Å². The Morgan fingerprint density at radius 1 is 1.38 bits per heavy atom. The van der Waals surface area contributed by atoms with Gasteiger partial charge < -0.3 is 15.0 Å². The third kappa shape index (κ3) is 2.04. The molecule has 90 valence electrons. The molecule has 2 rings (SSSR count). The van der Waals surface area contributed by atoms with Gasteiger partial charge in [0.2, 0.25) is 11.8 Å². The highest BCUT2D eigenvalue weighted by Crippen LogP contribution is 2.20. The monoisotopic (exact) mass is 226 g/mol. The molecule has 0 bridgehead atoms. The summed E-state index contributed by atoms with van der Waals surface area (Å²) in [5.74, 6) is -0.0383. The van der Waals surface area contributed by atoms with Crippen LogP contribution in [0.4, 0.5) is 0 Å². The van der Waals surface area contributed by atoms with Crippen LogP contribution < -0.4 is 5.32 Å². The first-order chi connectivity index (χ1) is 7.59. The van der Waals surface area contributed by atoms with E-state index in [-0.39, 0.29) is 23.9 Å². The van der Waals surface area contributed by atoms with Gasteiger partial charge in [-0.25, -0.2) is 0 Å². The van der Waals surface area contributed by atoms with Crippen molar-refractivity contribution in [1.82, 2.24) is 10.2 Å². The Morgan fingerprint density at radius 3 is 2.75 bits per heavy atom. The lowest BCUT2D eigenvalue weighted by atomic mass is 10.1. The average molecular weight is 226 g/mol. The molecule has 2 aliphatic heterocycles. The molecule has 5 heteroatoms. The smallest absolute Gasteiger partial charge is 0.245 e. The van der Waals surface area contributed by atoms with Crippen LogP contribution in [0, 0.1) is 0 Å². The largest absolute Gasteiger partial charge is 0.379 e. The molecule has 0 saturated carbocycles. The standard InChI is InChI=1S/C11H18N2O3/c1-7-5-10(14)12-8(2)11(15)13(7)9-3-4-16-6-9/h7-9H,3-6H2,1-2H3,(H,12,14). The fourth-order valence-electron chi connectivity index (χ4n) is 2.45. The van der Waals surface area contributed by atoms with Crippen molar-refractivity contribution in [2.45, 2.75) is 44.8 Å². The van der Waals surface area contributed by atoms with E-state index < -0.39 is 6.04 Å². The average Bonchev–Trinajstić information content (AvgIpc) is 2.67. The van der Waals surface area contributed by atoms with Crippen molar-refractivity contribution in [3.8, 4) is 0 Å². The van der Waals surface area contributed by atoms with E-state index in [4.69, 9.17) is 4.74 Å². The molecular weight excluding hydrogens is 208 g/mol. The molecule has 2 aliphatic rings. The van der Waals surface area contributed by atoms with Gasteiger partial charge in [0.1, 0.15) is 6.04 Å². The Balaban J connectivity index is 2.18. The Morgan fingerprint density at radius 2 is 2.12 bits per heavy atom. The predicted molar refractivity (Wildman–Crippen MR) is 57.8 cm³/mol. The maximum Gasteiger partial charge on any atom is 0.245 e. The molecule has 0 aromatic rings. The van der Waals surface area contributed by atoms with E-state index in [0.29, 0.717) is 19.6 Å². The number of carbonyl (C=O) groups is 2. The quantitative estimate of drug-likeness (QED) is 0.679. The van der Waals surface area contributed by atoms with Crippen molar-refractivity contribution < 1.29 is 14.3 Å². The second kappa shape index (κ2) is 4.41. The minimum Gasteiger partial charge on any atom is -0.379 e. The van der Waals surface area contributed by atoms with Crippen molar-refractivity contribution in [2.75, 3.05) is 13.2 Å². The Bertz CT molecular complexity index is 300. The minimum atomic E-state index is -0.418. The third-order valence-electron chi connectivity index (χ3n) is 3.26. The lowest BCUT2D eigenvalue weighted by molar-refractivity contribution is -0.136. The summed E-state index contributed by atoms with van der Waals surface area (Å²) in [5, 5.41) is 2.70. The maximum absolute atomic E-state index is 12.1. The van der Waals surface area contributed by atoms with E-state index in [1.807, 2.05) is 11.8 Å². The SMILES string of the molecule is CC1NC(=O)CC(C)N(C2CCOC2)C1=O. The van der Waals surface area contributed by atoms with Crippen LogP contribution >= 0.6 is 0 Å². The van der Waals surface area contributed by atoms with Crippen LogP contribution in [0.25, 0.3) is 0 Å². The van der Waals surface area contributed by atoms with Crippen LogP contribution in [0.15, 0.2) is 0 Å². The van der Waals surface area contributed by atoms with Crippen molar-refractivity contribution in [3.05, 3.63) is 0 Å². The van der Waals surface area contributed by atoms with E-state index in [1.54, 1.807) is 6.92 Å². The van der Waals surface area contributed by atoms with Crippen LogP contribution in [0.1, 0.15) is 26.7 Å². The second-order valence-corrected chi connectivity index (χ2v) is 4.61. The molecule has 5 nitrogen and oxygen atoms in total. The molecule has 0 spiro atoms. The molecule has 3 atom stereocenters. The zero-order valence-electron chi connectivity index (χ0n) is 9.73. The summed E-state index contributed by atoms with van der Waals surface area (Å²) in [6.45, 7) is 4.96. The molecule has 2 saturated heterocycles. The minimum absolute atomic E-state index is 0.00819. The highest BCUT2D eigenvalue weighted by Gasteiger charge is 2.37. The summed E-state index contributed by atoms with van der Waals surface area (Å²) < 4.78 is 5.31. The van der Waals surface area contributed by atoms with Crippen molar-refractivity contribution >= 4 is 11.8 Å². The number of ether oxygens (including phenoxy) is 1. The zero-order valence-corrected chi connectivity index (χ0v) is 9.73. The van der Waals surface area contributed by atoms with Gasteiger partial charge in [-0.1, -0.05) is 0 Å². The van der Waals surface area contributed by atoms with Gasteiger partial charge >= 0.3 is 0 Å². The van der Waals surface area contributed by atoms with Crippen LogP contribution in [0.5, 0.6) is 0 Å². The molecule has 0 radical (unpaired) electrons. The van der Waals surface area contributed by atoms with Crippen molar-refractivity contribution in [1.29, 1.82) is 0 Å². The number of carbonyl (C=O) groups excluding carboxylic acids is 2. The van der Waals surface area contributed by atoms with Gasteiger partial charge in [0.05, 0.1) is 12.6 Å². The highest BCUT2D eigenvalue weighted by molar-refractivity contribution is 5.90. The van der Waals surface area contributed by atoms with Gasteiger partial charge in [-0.05, 0) is 20.3 Å². The lowest BCUT2D eigenvalue weighted by Crippen LogP contribution is -2.50. The molecule has 1 N–H and O–H groups in total. The van der Waals surface area contributed by atoms with Crippen molar-refractivity contribution in [3.63, 3.8) is 0 Å².